The lowest BCUT2D eigenvalue weighted by Gasteiger charge is -2.10. The minimum atomic E-state index is -4.58. The first kappa shape index (κ1) is 18.1. The second-order valence-corrected chi connectivity index (χ2v) is 6.31. The van der Waals surface area contributed by atoms with Crippen LogP contribution in [0.5, 0.6) is 5.75 Å². The summed E-state index contributed by atoms with van der Waals surface area (Å²) in [5.74, 6) is -5.34. The number of carboxylic acid groups (broad SMARTS) is 1. The third-order valence-corrected chi connectivity index (χ3v) is 4.35. The Morgan fingerprint density at radius 3 is 2.36 bits per heavy atom. The molecule has 2 aromatic carbocycles. The van der Waals surface area contributed by atoms with Crippen LogP contribution in [0.25, 0.3) is 0 Å². The van der Waals surface area contributed by atoms with E-state index in [-0.39, 0.29) is 6.07 Å². The number of halogens is 2. The molecule has 0 aliphatic carbocycles. The van der Waals surface area contributed by atoms with Gasteiger partial charge < -0.3 is 10.2 Å². The lowest BCUT2D eigenvalue weighted by molar-refractivity contribution is -0.386. The summed E-state index contributed by atoms with van der Waals surface area (Å²) in [5, 5.41) is 28.8. The Hall–Kier alpha value is -3.28. The smallest absolute Gasteiger partial charge is 0.338 e. The third kappa shape index (κ3) is 3.63. The van der Waals surface area contributed by atoms with Crippen molar-refractivity contribution < 1.29 is 37.1 Å². The van der Waals surface area contributed by atoms with Crippen molar-refractivity contribution in [3.63, 3.8) is 0 Å². The van der Waals surface area contributed by atoms with Gasteiger partial charge in [0.2, 0.25) is 0 Å². The number of sulfonamides is 1. The Morgan fingerprint density at radius 1 is 1.16 bits per heavy atom. The van der Waals surface area contributed by atoms with Gasteiger partial charge in [0.05, 0.1) is 21.1 Å². The molecule has 132 valence electrons. The fourth-order valence-corrected chi connectivity index (χ4v) is 2.89. The third-order valence-electron chi connectivity index (χ3n) is 2.99. The summed E-state index contributed by atoms with van der Waals surface area (Å²) < 4.78 is 53.1. The van der Waals surface area contributed by atoms with Crippen molar-refractivity contribution >= 4 is 27.4 Å². The first-order valence-electron chi connectivity index (χ1n) is 6.25. The molecule has 0 aliphatic rings. The van der Waals surface area contributed by atoms with Crippen molar-refractivity contribution in [2.75, 3.05) is 4.72 Å². The fourth-order valence-electron chi connectivity index (χ4n) is 1.81. The van der Waals surface area contributed by atoms with Crippen molar-refractivity contribution in [3.05, 3.63) is 57.6 Å². The van der Waals surface area contributed by atoms with Crippen molar-refractivity contribution in [2.45, 2.75) is 4.90 Å². The molecular formula is C13H8F2N2O7S. The number of hydrogen-bond donors (Lipinski definition) is 3. The summed E-state index contributed by atoms with van der Waals surface area (Å²) in [6.45, 7) is 0. The number of hydrogen-bond acceptors (Lipinski definition) is 6. The van der Waals surface area contributed by atoms with Crippen LogP contribution >= 0.6 is 0 Å². The van der Waals surface area contributed by atoms with E-state index < -0.39 is 60.1 Å². The highest BCUT2D eigenvalue weighted by atomic mass is 32.2. The van der Waals surface area contributed by atoms with Crippen molar-refractivity contribution in [1.82, 2.24) is 0 Å². The number of nitrogens with zero attached hydrogens (tertiary/aromatic N) is 1. The van der Waals surface area contributed by atoms with Crippen LogP contribution in [0.15, 0.2) is 35.2 Å². The molecule has 0 saturated carbocycles. The van der Waals surface area contributed by atoms with Gasteiger partial charge in [-0.05, 0) is 18.2 Å². The zero-order chi connectivity index (χ0) is 18.9. The molecule has 0 aliphatic heterocycles. The summed E-state index contributed by atoms with van der Waals surface area (Å²) in [6.07, 6.45) is 0. The number of aromatic hydroxyl groups is 1. The van der Waals surface area contributed by atoms with Crippen LogP contribution in [-0.4, -0.2) is 29.5 Å². The van der Waals surface area contributed by atoms with Crippen LogP contribution in [0.3, 0.4) is 0 Å². The summed E-state index contributed by atoms with van der Waals surface area (Å²) >= 11 is 0. The van der Waals surface area contributed by atoms with Crippen molar-refractivity contribution in [3.8, 4) is 5.75 Å². The van der Waals surface area contributed by atoms with Gasteiger partial charge in [-0.3, -0.25) is 14.8 Å². The van der Waals surface area contributed by atoms with Crippen LogP contribution in [0.2, 0.25) is 0 Å². The monoisotopic (exact) mass is 374 g/mol. The number of nitro groups is 1. The van der Waals surface area contributed by atoms with Gasteiger partial charge in [-0.15, -0.1) is 0 Å². The predicted octanol–water partition coefficient (Wildman–Crippen LogP) is 2.08. The Labute approximate surface area is 138 Å². The number of phenolic OH excluding ortho intramolecular Hbond substituents is 1. The molecule has 0 aromatic heterocycles. The van der Waals surface area contributed by atoms with Crippen LogP contribution in [0.1, 0.15) is 10.4 Å². The predicted molar refractivity (Wildman–Crippen MR) is 78.9 cm³/mol. The van der Waals surface area contributed by atoms with E-state index in [1.54, 1.807) is 4.72 Å². The van der Waals surface area contributed by atoms with Crippen molar-refractivity contribution in [2.24, 2.45) is 0 Å². The van der Waals surface area contributed by atoms with Gasteiger partial charge in [0.25, 0.3) is 10.0 Å². The first-order chi connectivity index (χ1) is 11.5. The maximum Gasteiger partial charge on any atom is 0.338 e. The topological polar surface area (TPSA) is 147 Å². The molecule has 0 amide bonds. The van der Waals surface area contributed by atoms with Gasteiger partial charge in [0, 0.05) is 12.1 Å². The Morgan fingerprint density at radius 2 is 1.80 bits per heavy atom. The molecule has 0 radical (unpaired) electrons. The second kappa shape index (κ2) is 6.32. The normalized spacial score (nSPS) is 11.1. The van der Waals surface area contributed by atoms with Gasteiger partial charge in [-0.1, -0.05) is 0 Å². The number of anilines is 1. The average Bonchev–Trinajstić information content (AvgIpc) is 2.49. The van der Waals surface area contributed by atoms with Gasteiger partial charge in [-0.25, -0.2) is 22.0 Å². The maximum atomic E-state index is 13.7. The SMILES string of the molecule is O=C(O)c1cc(NS(=O)(=O)c2ccc(O)c([N+](=O)[O-])c2)c(F)cc1F. The molecule has 0 fully saturated rings. The standard InChI is InChI=1S/C13H8F2N2O7S/c14-8-5-9(15)10(4-7(8)13(19)20)16-25(23,24)6-1-2-12(18)11(3-6)17(21)22/h1-5,16,18H,(H,19,20). The molecule has 0 atom stereocenters. The Balaban J connectivity index is 2.50. The molecule has 12 heteroatoms. The number of aromatic carboxylic acids is 1. The average molecular weight is 374 g/mol. The Kier molecular flexibility index (Phi) is 4.56. The maximum absolute atomic E-state index is 13.7. The summed E-state index contributed by atoms with van der Waals surface area (Å²) in [5.41, 5.74) is -2.75. The van der Waals surface area contributed by atoms with Gasteiger partial charge >= 0.3 is 11.7 Å². The fraction of sp³-hybridized carbons (Fsp3) is 0. The molecule has 0 unspecified atom stereocenters. The van der Waals surface area contributed by atoms with Gasteiger partial charge in [0.1, 0.15) is 11.6 Å². The minimum Gasteiger partial charge on any atom is -0.502 e. The van der Waals surface area contributed by atoms with E-state index in [1.165, 1.54) is 0 Å². The highest BCUT2D eigenvalue weighted by molar-refractivity contribution is 7.92. The lowest BCUT2D eigenvalue weighted by atomic mass is 10.2. The van der Waals surface area contributed by atoms with E-state index in [1.807, 2.05) is 0 Å². The largest absolute Gasteiger partial charge is 0.502 e. The molecule has 0 saturated heterocycles. The summed E-state index contributed by atoms with van der Waals surface area (Å²) in [6, 6.07) is 2.69. The van der Waals surface area contributed by atoms with E-state index in [0.717, 1.165) is 12.1 Å². The molecular weight excluding hydrogens is 366 g/mol. The molecule has 2 aromatic rings. The summed E-state index contributed by atoms with van der Waals surface area (Å²) in [7, 11) is -4.58. The highest BCUT2D eigenvalue weighted by Crippen LogP contribution is 2.30. The molecule has 9 nitrogen and oxygen atoms in total. The number of carbonyl (C=O) groups is 1. The van der Waals surface area contributed by atoms with E-state index in [0.29, 0.717) is 12.1 Å². The number of benzene rings is 2. The Bertz CT molecular complexity index is 992. The van der Waals surface area contributed by atoms with E-state index in [4.69, 9.17) is 5.11 Å². The molecule has 2 rings (SSSR count). The number of nitrogens with one attached hydrogen (secondary N) is 1. The number of phenols is 1. The minimum absolute atomic E-state index is 0.181. The van der Waals surface area contributed by atoms with Gasteiger partial charge in [-0.2, -0.15) is 0 Å². The van der Waals surface area contributed by atoms with E-state index in [2.05, 4.69) is 0 Å². The number of carboxylic acids is 1. The zero-order valence-electron chi connectivity index (χ0n) is 11.9. The van der Waals surface area contributed by atoms with Crippen LogP contribution in [0.4, 0.5) is 20.2 Å². The highest BCUT2D eigenvalue weighted by Gasteiger charge is 2.24. The number of nitro benzene ring substituents is 1. The molecule has 0 bridgehead atoms. The van der Waals surface area contributed by atoms with Crippen LogP contribution in [0, 0.1) is 21.7 Å². The first-order valence-corrected chi connectivity index (χ1v) is 7.74. The summed E-state index contributed by atoms with van der Waals surface area (Å²) in [4.78, 5) is 19.8. The van der Waals surface area contributed by atoms with Gasteiger partial charge in [0.15, 0.2) is 5.75 Å². The molecule has 0 heterocycles. The van der Waals surface area contributed by atoms with Crippen LogP contribution < -0.4 is 4.72 Å². The lowest BCUT2D eigenvalue weighted by Crippen LogP contribution is -2.15. The quantitative estimate of drug-likeness (QED) is 0.536. The van der Waals surface area contributed by atoms with E-state index >= 15 is 0 Å². The molecule has 25 heavy (non-hydrogen) atoms. The van der Waals surface area contributed by atoms with Crippen LogP contribution in [-0.2, 0) is 10.0 Å². The molecule has 3 N–H and O–H groups in total. The zero-order valence-corrected chi connectivity index (χ0v) is 12.8. The van der Waals surface area contributed by atoms with Crippen molar-refractivity contribution in [1.29, 1.82) is 0 Å². The number of rotatable bonds is 5. The second-order valence-electron chi connectivity index (χ2n) is 4.63. The molecule has 0 spiro atoms. The van der Waals surface area contributed by atoms with E-state index in [9.17, 15) is 37.2 Å².